The molecule has 2 aliphatic rings. The molecular formula is C16H20ClF4N. The van der Waals surface area contributed by atoms with Crippen molar-refractivity contribution in [2.45, 2.75) is 19.5 Å². The summed E-state index contributed by atoms with van der Waals surface area (Å²) in [5.74, 6) is 3.07. The Morgan fingerprint density at radius 2 is 1.86 bits per heavy atom. The molecule has 1 heterocycles. The van der Waals surface area contributed by atoms with E-state index in [0.29, 0.717) is 6.07 Å². The molecule has 3 rings (SSSR count). The van der Waals surface area contributed by atoms with Crippen LogP contribution in [-0.2, 0) is 6.18 Å². The number of hydrogen-bond acceptors (Lipinski definition) is 1. The molecule has 0 spiro atoms. The Labute approximate surface area is 133 Å². The number of hydrogen-bond donors (Lipinski definition) is 0. The van der Waals surface area contributed by atoms with Crippen molar-refractivity contribution in [3.63, 3.8) is 0 Å². The van der Waals surface area contributed by atoms with Gasteiger partial charge in [0, 0.05) is 19.0 Å². The molecule has 1 aliphatic carbocycles. The number of alkyl halides is 4. The molecule has 0 aromatic heterocycles. The van der Waals surface area contributed by atoms with Crippen molar-refractivity contribution in [2.24, 2.45) is 17.8 Å². The van der Waals surface area contributed by atoms with E-state index in [1.807, 2.05) is 0 Å². The van der Waals surface area contributed by atoms with Crippen molar-refractivity contribution < 1.29 is 17.6 Å². The van der Waals surface area contributed by atoms with Crippen LogP contribution in [0.4, 0.5) is 17.6 Å². The van der Waals surface area contributed by atoms with Crippen molar-refractivity contribution in [3.05, 3.63) is 35.6 Å². The van der Waals surface area contributed by atoms with E-state index >= 15 is 0 Å². The maximum absolute atomic E-state index is 12.2. The van der Waals surface area contributed by atoms with Crippen LogP contribution in [0.3, 0.4) is 0 Å². The van der Waals surface area contributed by atoms with Crippen LogP contribution >= 0.6 is 11.6 Å². The van der Waals surface area contributed by atoms with E-state index in [0.717, 1.165) is 48.3 Å². The molecule has 1 aromatic rings. The lowest BCUT2D eigenvalue weighted by molar-refractivity contribution is -0.137. The number of likely N-dealkylation sites (tertiary alicyclic amines) is 1. The maximum Gasteiger partial charge on any atom is 0.416 e. The van der Waals surface area contributed by atoms with Gasteiger partial charge in [-0.1, -0.05) is 13.0 Å². The summed E-state index contributed by atoms with van der Waals surface area (Å²) in [7, 11) is 0. The van der Waals surface area contributed by atoms with Crippen molar-refractivity contribution in [1.29, 1.82) is 0 Å². The summed E-state index contributed by atoms with van der Waals surface area (Å²) in [6.45, 7) is 6.31. The second-order valence-corrected chi connectivity index (χ2v) is 6.38. The highest BCUT2D eigenvalue weighted by atomic mass is 35.5. The molecule has 0 amide bonds. The average Bonchev–Trinajstić information content (AvgIpc) is 2.88. The van der Waals surface area contributed by atoms with Gasteiger partial charge in [0.15, 0.2) is 0 Å². The third-order valence-corrected chi connectivity index (χ3v) is 4.72. The topological polar surface area (TPSA) is 3.24 Å². The minimum atomic E-state index is -4.46. The van der Waals surface area contributed by atoms with Gasteiger partial charge in [-0.25, -0.2) is 4.39 Å². The smallest absolute Gasteiger partial charge is 0.303 e. The van der Waals surface area contributed by atoms with Crippen LogP contribution in [0.15, 0.2) is 24.3 Å². The van der Waals surface area contributed by atoms with Gasteiger partial charge >= 0.3 is 6.18 Å². The summed E-state index contributed by atoms with van der Waals surface area (Å²) in [4.78, 5) is 2.57. The number of benzene rings is 1. The van der Waals surface area contributed by atoms with E-state index in [1.165, 1.54) is 19.6 Å². The molecule has 0 radical (unpaired) electrons. The second kappa shape index (κ2) is 7.18. The van der Waals surface area contributed by atoms with Gasteiger partial charge in [-0.05, 0) is 48.9 Å². The predicted molar refractivity (Wildman–Crippen MR) is 79.3 cm³/mol. The zero-order chi connectivity index (χ0) is 16.3. The fourth-order valence-electron chi connectivity index (χ4n) is 3.04. The van der Waals surface area contributed by atoms with Crippen LogP contribution in [0.2, 0.25) is 0 Å². The predicted octanol–water partition coefficient (Wildman–Crippen LogP) is 4.66. The minimum absolute atomic E-state index is 0.458. The molecule has 2 atom stereocenters. The number of halogens is 5. The highest BCUT2D eigenvalue weighted by Gasteiger charge is 2.52. The van der Waals surface area contributed by atoms with Gasteiger partial charge in [0.05, 0.1) is 5.56 Å². The van der Waals surface area contributed by atoms with Crippen LogP contribution in [0.25, 0.3) is 0 Å². The first-order valence-corrected chi connectivity index (χ1v) is 7.97. The Bertz CT molecular complexity index is 479. The molecule has 1 saturated heterocycles. The lowest BCUT2D eigenvalue weighted by Gasteiger charge is -2.17. The first-order valence-electron chi connectivity index (χ1n) is 7.44. The van der Waals surface area contributed by atoms with E-state index in [-0.39, 0.29) is 0 Å². The van der Waals surface area contributed by atoms with Crippen LogP contribution in [0.5, 0.6) is 0 Å². The van der Waals surface area contributed by atoms with Gasteiger partial charge in [-0.15, -0.1) is 11.6 Å². The van der Waals surface area contributed by atoms with Gasteiger partial charge in [0.25, 0.3) is 0 Å². The molecule has 124 valence electrons. The van der Waals surface area contributed by atoms with Gasteiger partial charge < -0.3 is 4.90 Å². The van der Waals surface area contributed by atoms with Gasteiger partial charge in [-0.2, -0.15) is 13.2 Å². The molecule has 1 nitrogen and oxygen atoms in total. The first kappa shape index (κ1) is 17.5. The molecule has 6 heteroatoms. The summed E-state index contributed by atoms with van der Waals surface area (Å²) >= 11 is 5.63. The molecule has 2 unspecified atom stereocenters. The third-order valence-electron chi connectivity index (χ3n) is 4.46. The fraction of sp³-hybridized carbons (Fsp3) is 0.625. The van der Waals surface area contributed by atoms with E-state index in [4.69, 9.17) is 11.6 Å². The molecule has 1 saturated carbocycles. The van der Waals surface area contributed by atoms with Crippen molar-refractivity contribution in [3.8, 4) is 0 Å². The molecule has 2 fully saturated rings. The standard InChI is InChI=1S/C9H16ClN.C7H4F4/c1-7-8-5-11(4-2-3-10)6-9(7)8;8-6-3-1-2-5(4-6)7(9,10)11/h7-9H,2-6H2,1H3;1-4H. The highest BCUT2D eigenvalue weighted by Crippen LogP contribution is 2.51. The number of rotatable bonds is 3. The third kappa shape index (κ3) is 4.59. The van der Waals surface area contributed by atoms with Crippen LogP contribution in [-0.4, -0.2) is 30.4 Å². The summed E-state index contributed by atoms with van der Waals surface area (Å²) in [6.07, 6.45) is -3.29. The molecule has 22 heavy (non-hydrogen) atoms. The lowest BCUT2D eigenvalue weighted by atomic mass is 10.2. The van der Waals surface area contributed by atoms with Crippen LogP contribution < -0.4 is 0 Å². The lowest BCUT2D eigenvalue weighted by Crippen LogP contribution is -2.25. The van der Waals surface area contributed by atoms with Crippen LogP contribution in [0, 0.1) is 23.6 Å². The Morgan fingerprint density at radius 3 is 2.32 bits per heavy atom. The number of fused-ring (bicyclic) bond motifs is 1. The molecule has 0 N–H and O–H groups in total. The maximum atomic E-state index is 12.2. The van der Waals surface area contributed by atoms with Gasteiger partial charge in [-0.3, -0.25) is 0 Å². The SMILES string of the molecule is CC1C2CN(CCCCl)CC12.Fc1cccc(C(F)(F)F)c1. The van der Waals surface area contributed by atoms with Crippen LogP contribution in [0.1, 0.15) is 18.9 Å². The molecule has 1 aromatic carbocycles. The van der Waals surface area contributed by atoms with E-state index in [1.54, 1.807) is 0 Å². The molecule has 1 aliphatic heterocycles. The quantitative estimate of drug-likeness (QED) is 0.573. The zero-order valence-electron chi connectivity index (χ0n) is 12.4. The second-order valence-electron chi connectivity index (χ2n) is 6.00. The number of nitrogens with zero attached hydrogens (tertiary/aromatic N) is 1. The van der Waals surface area contributed by atoms with E-state index in [2.05, 4.69) is 11.8 Å². The van der Waals surface area contributed by atoms with Gasteiger partial charge in [0.1, 0.15) is 5.82 Å². The van der Waals surface area contributed by atoms with Crippen molar-refractivity contribution in [2.75, 3.05) is 25.5 Å². The largest absolute Gasteiger partial charge is 0.416 e. The summed E-state index contributed by atoms with van der Waals surface area (Å²) in [5.41, 5.74) is -0.961. The van der Waals surface area contributed by atoms with Crippen molar-refractivity contribution in [1.82, 2.24) is 4.90 Å². The Balaban J connectivity index is 0.000000160. The zero-order valence-corrected chi connectivity index (χ0v) is 13.2. The van der Waals surface area contributed by atoms with Gasteiger partial charge in [0.2, 0.25) is 0 Å². The summed E-state index contributed by atoms with van der Waals surface area (Å²) in [6, 6.07) is 3.27. The normalized spacial score (nSPS) is 27.1. The summed E-state index contributed by atoms with van der Waals surface area (Å²) in [5, 5.41) is 0. The van der Waals surface area contributed by atoms with Crippen molar-refractivity contribution >= 4 is 11.6 Å². The number of piperidine rings is 1. The fourth-order valence-corrected chi connectivity index (χ4v) is 3.16. The first-order chi connectivity index (χ1) is 10.3. The highest BCUT2D eigenvalue weighted by molar-refractivity contribution is 6.17. The van der Waals surface area contributed by atoms with E-state index in [9.17, 15) is 17.6 Å². The Morgan fingerprint density at radius 1 is 1.23 bits per heavy atom. The Hall–Kier alpha value is -0.810. The molecule has 0 bridgehead atoms. The molecular weight excluding hydrogens is 318 g/mol. The summed E-state index contributed by atoms with van der Waals surface area (Å²) < 4.78 is 47.6. The minimum Gasteiger partial charge on any atom is -0.303 e. The van der Waals surface area contributed by atoms with E-state index < -0.39 is 17.6 Å². The average molecular weight is 338 g/mol. The monoisotopic (exact) mass is 337 g/mol. The Kier molecular flexibility index (Phi) is 5.72.